The highest BCUT2D eigenvalue weighted by Gasteiger charge is 2.16. The van der Waals surface area contributed by atoms with Crippen LogP contribution in [0.5, 0.6) is 0 Å². The van der Waals surface area contributed by atoms with Gasteiger partial charge in [0, 0.05) is 26.3 Å². The van der Waals surface area contributed by atoms with Gasteiger partial charge in [-0.3, -0.25) is 0 Å². The Morgan fingerprint density at radius 3 is 2.40 bits per heavy atom. The molecule has 0 aliphatic rings. The van der Waals surface area contributed by atoms with Crippen LogP contribution < -0.4 is 11.1 Å². The van der Waals surface area contributed by atoms with Crippen LogP contribution in [0.15, 0.2) is 0 Å². The lowest BCUT2D eigenvalue weighted by atomic mass is 10.2. The number of nitrogens with two attached hydrogens (primary N) is 1. The van der Waals surface area contributed by atoms with Crippen molar-refractivity contribution in [3.8, 4) is 0 Å². The molecule has 0 fully saturated rings. The number of hydrogen-bond acceptors (Lipinski definition) is 4. The molecule has 0 spiro atoms. The zero-order valence-corrected chi connectivity index (χ0v) is 11.4. The van der Waals surface area contributed by atoms with Crippen LogP contribution in [0.25, 0.3) is 0 Å². The Bertz CT molecular complexity index is 135. The molecule has 5 heteroatoms. The quantitative estimate of drug-likeness (QED) is 0.429. The maximum Gasteiger partial charge on any atom is 0.322 e. The van der Waals surface area contributed by atoms with Gasteiger partial charge in [0.2, 0.25) is 0 Å². The molecule has 0 aromatic heterocycles. The van der Waals surface area contributed by atoms with E-state index < -0.39 is 9.28 Å². The molecule has 0 aromatic rings. The second-order valence-electron chi connectivity index (χ2n) is 3.69. The van der Waals surface area contributed by atoms with E-state index in [2.05, 4.69) is 12.2 Å². The summed E-state index contributed by atoms with van der Waals surface area (Å²) in [6.07, 6.45) is 3.37. The zero-order valence-electron chi connectivity index (χ0n) is 10.3. The average molecular weight is 234 g/mol. The predicted octanol–water partition coefficient (Wildman–Crippen LogP) is 0.607. The summed E-state index contributed by atoms with van der Waals surface area (Å²) >= 11 is 0. The van der Waals surface area contributed by atoms with Gasteiger partial charge in [-0.15, -0.1) is 0 Å². The molecule has 0 bridgehead atoms. The standard InChI is InChI=1S/C10H26N2O2Si/c1-4-10(9-15(13-2)14-3)12-8-6-5-7-11/h10,12,15H,4-9,11H2,1-3H3. The van der Waals surface area contributed by atoms with Crippen LogP contribution in [0.3, 0.4) is 0 Å². The molecular weight excluding hydrogens is 208 g/mol. The Morgan fingerprint density at radius 2 is 1.93 bits per heavy atom. The first-order valence-corrected chi connectivity index (χ1v) is 7.53. The van der Waals surface area contributed by atoms with Gasteiger partial charge in [0.25, 0.3) is 0 Å². The average Bonchev–Trinajstić information content (AvgIpc) is 2.28. The summed E-state index contributed by atoms with van der Waals surface area (Å²) in [7, 11) is 2.06. The zero-order chi connectivity index (χ0) is 11.5. The van der Waals surface area contributed by atoms with E-state index >= 15 is 0 Å². The van der Waals surface area contributed by atoms with Crippen LogP contribution in [0.2, 0.25) is 6.04 Å². The van der Waals surface area contributed by atoms with Crippen molar-refractivity contribution in [2.24, 2.45) is 5.73 Å². The third kappa shape index (κ3) is 7.93. The number of rotatable bonds is 10. The van der Waals surface area contributed by atoms with E-state index in [0.29, 0.717) is 6.04 Å². The largest absolute Gasteiger partial charge is 0.400 e. The third-order valence-electron chi connectivity index (χ3n) is 2.56. The molecule has 0 rings (SSSR count). The van der Waals surface area contributed by atoms with Crippen LogP contribution in [0, 0.1) is 0 Å². The van der Waals surface area contributed by atoms with Crippen molar-refractivity contribution in [3.05, 3.63) is 0 Å². The van der Waals surface area contributed by atoms with Crippen LogP contribution in [0.1, 0.15) is 26.2 Å². The second-order valence-corrected chi connectivity index (χ2v) is 5.97. The lowest BCUT2D eigenvalue weighted by Crippen LogP contribution is -2.35. The van der Waals surface area contributed by atoms with Crippen molar-refractivity contribution in [1.29, 1.82) is 0 Å². The van der Waals surface area contributed by atoms with Gasteiger partial charge in [0.15, 0.2) is 0 Å². The lowest BCUT2D eigenvalue weighted by molar-refractivity contribution is 0.270. The maximum atomic E-state index is 5.44. The summed E-state index contributed by atoms with van der Waals surface area (Å²) in [6.45, 7) is 4.02. The first kappa shape index (κ1) is 15.1. The van der Waals surface area contributed by atoms with Gasteiger partial charge in [-0.2, -0.15) is 0 Å². The van der Waals surface area contributed by atoms with E-state index in [1.807, 2.05) is 0 Å². The van der Waals surface area contributed by atoms with E-state index in [-0.39, 0.29) is 0 Å². The highest BCUT2D eigenvalue weighted by molar-refractivity contribution is 6.44. The van der Waals surface area contributed by atoms with Gasteiger partial charge in [0.05, 0.1) is 0 Å². The fraction of sp³-hybridized carbons (Fsp3) is 1.00. The number of hydrogen-bond donors (Lipinski definition) is 2. The summed E-state index contributed by atoms with van der Waals surface area (Å²) in [5.41, 5.74) is 5.44. The van der Waals surface area contributed by atoms with Crippen molar-refractivity contribution in [2.75, 3.05) is 27.3 Å². The smallest absolute Gasteiger partial charge is 0.322 e. The molecule has 1 unspecified atom stereocenters. The number of nitrogens with one attached hydrogen (secondary N) is 1. The SMILES string of the molecule is CCC(C[SiH](OC)OC)NCCCCN. The van der Waals surface area contributed by atoms with Crippen molar-refractivity contribution in [2.45, 2.75) is 38.3 Å². The molecule has 0 aliphatic heterocycles. The minimum absolute atomic E-state index is 0.527. The maximum absolute atomic E-state index is 5.44. The van der Waals surface area contributed by atoms with Gasteiger partial charge in [-0.25, -0.2) is 0 Å². The van der Waals surface area contributed by atoms with Crippen molar-refractivity contribution in [3.63, 3.8) is 0 Å². The predicted molar refractivity (Wildman–Crippen MR) is 66.3 cm³/mol. The molecule has 0 saturated heterocycles. The van der Waals surface area contributed by atoms with Gasteiger partial charge in [-0.05, 0) is 32.4 Å². The Balaban J connectivity index is 3.61. The topological polar surface area (TPSA) is 56.5 Å². The minimum atomic E-state index is -1.41. The Hall–Kier alpha value is 0.0569. The molecule has 4 nitrogen and oxygen atoms in total. The van der Waals surface area contributed by atoms with Crippen LogP contribution >= 0.6 is 0 Å². The van der Waals surface area contributed by atoms with Gasteiger partial charge < -0.3 is 19.9 Å². The Labute approximate surface area is 95.4 Å². The summed E-state index contributed by atoms with van der Waals surface area (Å²) in [6, 6.07) is 1.56. The summed E-state index contributed by atoms with van der Waals surface area (Å²) in [4.78, 5) is 0. The van der Waals surface area contributed by atoms with Crippen LogP contribution in [-0.2, 0) is 8.85 Å². The van der Waals surface area contributed by atoms with Crippen LogP contribution in [0.4, 0.5) is 0 Å². The highest BCUT2D eigenvalue weighted by Crippen LogP contribution is 2.04. The van der Waals surface area contributed by atoms with E-state index in [4.69, 9.17) is 14.6 Å². The molecule has 0 amide bonds. The van der Waals surface area contributed by atoms with E-state index in [1.54, 1.807) is 14.2 Å². The summed E-state index contributed by atoms with van der Waals surface area (Å²) in [5.74, 6) is 0. The van der Waals surface area contributed by atoms with E-state index in [1.165, 1.54) is 0 Å². The van der Waals surface area contributed by atoms with Gasteiger partial charge in [-0.1, -0.05) is 6.92 Å². The minimum Gasteiger partial charge on any atom is -0.400 e. The molecule has 92 valence electrons. The molecule has 0 heterocycles. The highest BCUT2D eigenvalue weighted by atomic mass is 28.3. The molecule has 1 atom stereocenters. The Morgan fingerprint density at radius 1 is 1.27 bits per heavy atom. The van der Waals surface area contributed by atoms with E-state index in [9.17, 15) is 0 Å². The van der Waals surface area contributed by atoms with Gasteiger partial charge >= 0.3 is 9.28 Å². The molecule has 15 heavy (non-hydrogen) atoms. The third-order valence-corrected chi connectivity index (χ3v) is 4.56. The molecule has 0 saturated carbocycles. The Kier molecular flexibility index (Phi) is 10.6. The summed E-state index contributed by atoms with van der Waals surface area (Å²) in [5, 5.41) is 3.52. The lowest BCUT2D eigenvalue weighted by Gasteiger charge is -2.20. The number of unbranched alkanes of at least 4 members (excludes halogenated alkanes) is 1. The van der Waals surface area contributed by atoms with Crippen molar-refractivity contribution in [1.82, 2.24) is 5.32 Å². The normalized spacial score (nSPS) is 13.4. The molecule has 0 aromatic carbocycles. The molecule has 0 aliphatic carbocycles. The van der Waals surface area contributed by atoms with Crippen molar-refractivity contribution < 1.29 is 8.85 Å². The van der Waals surface area contributed by atoms with Crippen molar-refractivity contribution >= 4 is 9.28 Å². The van der Waals surface area contributed by atoms with E-state index in [0.717, 1.165) is 38.4 Å². The molecular formula is C10H26N2O2Si. The van der Waals surface area contributed by atoms with Crippen LogP contribution in [-0.4, -0.2) is 42.6 Å². The van der Waals surface area contributed by atoms with Gasteiger partial charge in [0.1, 0.15) is 0 Å². The first-order chi connectivity index (χ1) is 7.28. The molecule has 3 N–H and O–H groups in total. The molecule has 0 radical (unpaired) electrons. The summed E-state index contributed by atoms with van der Waals surface area (Å²) < 4.78 is 10.6. The fourth-order valence-electron chi connectivity index (χ4n) is 1.49. The fourth-order valence-corrected chi connectivity index (χ4v) is 3.03. The second kappa shape index (κ2) is 10.6. The first-order valence-electron chi connectivity index (χ1n) is 5.77. The monoisotopic (exact) mass is 234 g/mol.